The van der Waals surface area contributed by atoms with Crippen LogP contribution in [-0.2, 0) is 0 Å². The van der Waals surface area contributed by atoms with E-state index in [0.717, 1.165) is 11.8 Å². The molecule has 0 amide bonds. The van der Waals surface area contributed by atoms with Crippen LogP contribution in [0.25, 0.3) is 0 Å². The van der Waals surface area contributed by atoms with E-state index in [0.29, 0.717) is 0 Å². The maximum absolute atomic E-state index is 12.0. The van der Waals surface area contributed by atoms with Crippen molar-refractivity contribution >= 4 is 15.9 Å². The van der Waals surface area contributed by atoms with Crippen molar-refractivity contribution in [2.75, 3.05) is 5.33 Å². The van der Waals surface area contributed by atoms with Crippen molar-refractivity contribution in [2.24, 2.45) is 11.3 Å². The summed E-state index contributed by atoms with van der Waals surface area (Å²) in [7, 11) is 0. The summed E-state index contributed by atoms with van der Waals surface area (Å²) < 4.78 is 23.9. The van der Waals surface area contributed by atoms with E-state index >= 15 is 0 Å². The van der Waals surface area contributed by atoms with E-state index in [1.165, 1.54) is 0 Å². The number of alkyl halides is 3. The van der Waals surface area contributed by atoms with Crippen molar-refractivity contribution in [1.82, 2.24) is 0 Å². The molecule has 1 atom stereocenters. The van der Waals surface area contributed by atoms with Gasteiger partial charge in [0.2, 0.25) is 6.43 Å². The molecule has 0 aliphatic heterocycles. The lowest BCUT2D eigenvalue weighted by atomic mass is 9.84. The second-order valence-electron chi connectivity index (χ2n) is 4.23. The Labute approximate surface area is 81.9 Å². The van der Waals surface area contributed by atoms with Crippen LogP contribution in [0.3, 0.4) is 0 Å². The van der Waals surface area contributed by atoms with Crippen molar-refractivity contribution in [2.45, 2.75) is 40.0 Å². The Bertz CT molecular complexity index is 124. The topological polar surface area (TPSA) is 0 Å². The van der Waals surface area contributed by atoms with Gasteiger partial charge in [0, 0.05) is 11.8 Å². The van der Waals surface area contributed by atoms with Crippen molar-refractivity contribution in [3.63, 3.8) is 0 Å². The number of rotatable bonds is 5. The monoisotopic (exact) mass is 242 g/mol. The highest BCUT2D eigenvalue weighted by molar-refractivity contribution is 9.09. The Hall–Kier alpha value is 0.340. The molecule has 0 aliphatic rings. The zero-order valence-electron chi connectivity index (χ0n) is 7.91. The molecule has 0 N–H and O–H groups in total. The summed E-state index contributed by atoms with van der Waals surface area (Å²) in [5, 5.41) is 0.869. The van der Waals surface area contributed by atoms with Gasteiger partial charge < -0.3 is 0 Å². The molecule has 74 valence electrons. The first kappa shape index (κ1) is 12.3. The van der Waals surface area contributed by atoms with Gasteiger partial charge in [0.05, 0.1) is 0 Å². The summed E-state index contributed by atoms with van der Waals surface area (Å²) in [6, 6.07) is 0. The summed E-state index contributed by atoms with van der Waals surface area (Å²) in [5.74, 6) is 0.109. The van der Waals surface area contributed by atoms with E-state index < -0.39 is 6.43 Å². The molecule has 3 heteroatoms. The van der Waals surface area contributed by atoms with Gasteiger partial charge in [0.25, 0.3) is 0 Å². The lowest BCUT2D eigenvalue weighted by Crippen LogP contribution is -2.18. The highest BCUT2D eigenvalue weighted by Crippen LogP contribution is 2.29. The van der Waals surface area contributed by atoms with Gasteiger partial charge in [-0.1, -0.05) is 36.7 Å². The standard InChI is InChI=1S/C9H17BrF2/c1-7(4-8(11)12)5-9(2,3)6-10/h7-8H,4-6H2,1-3H3. The van der Waals surface area contributed by atoms with Crippen LogP contribution in [0, 0.1) is 11.3 Å². The lowest BCUT2D eigenvalue weighted by Gasteiger charge is -2.25. The summed E-state index contributed by atoms with van der Waals surface area (Å²) in [6.07, 6.45) is -1.29. The fourth-order valence-corrected chi connectivity index (χ4v) is 1.61. The second-order valence-corrected chi connectivity index (χ2v) is 4.79. The van der Waals surface area contributed by atoms with Gasteiger partial charge in [0.15, 0.2) is 0 Å². The minimum absolute atomic E-state index is 0.0242. The maximum atomic E-state index is 12.0. The Morgan fingerprint density at radius 2 is 1.83 bits per heavy atom. The molecule has 0 nitrogen and oxygen atoms in total. The number of hydrogen-bond donors (Lipinski definition) is 0. The van der Waals surface area contributed by atoms with Crippen molar-refractivity contribution < 1.29 is 8.78 Å². The van der Waals surface area contributed by atoms with Gasteiger partial charge in [-0.2, -0.15) is 0 Å². The molecule has 0 fully saturated rings. The quantitative estimate of drug-likeness (QED) is 0.638. The summed E-state index contributed by atoms with van der Waals surface area (Å²) in [4.78, 5) is 0. The van der Waals surface area contributed by atoms with Crippen LogP contribution in [0.1, 0.15) is 33.6 Å². The van der Waals surface area contributed by atoms with E-state index in [4.69, 9.17) is 0 Å². The molecule has 0 aromatic carbocycles. The van der Waals surface area contributed by atoms with Crippen LogP contribution < -0.4 is 0 Å². The molecule has 0 aliphatic carbocycles. The SMILES string of the molecule is CC(CC(F)F)CC(C)(C)CBr. The Morgan fingerprint density at radius 3 is 2.17 bits per heavy atom. The first-order chi connectivity index (χ1) is 5.37. The molecule has 0 radical (unpaired) electrons. The molecular weight excluding hydrogens is 226 g/mol. The molecule has 0 saturated carbocycles. The molecule has 0 heterocycles. The van der Waals surface area contributed by atoms with E-state index in [9.17, 15) is 8.78 Å². The summed E-state index contributed by atoms with van der Waals surface area (Å²) in [5.41, 5.74) is 0.133. The van der Waals surface area contributed by atoms with E-state index in [1.54, 1.807) is 0 Å². The molecule has 0 bridgehead atoms. The maximum Gasteiger partial charge on any atom is 0.238 e. The molecule has 0 aromatic heterocycles. The van der Waals surface area contributed by atoms with Crippen LogP contribution in [0.5, 0.6) is 0 Å². The van der Waals surface area contributed by atoms with E-state index in [2.05, 4.69) is 29.8 Å². The van der Waals surface area contributed by atoms with Crippen molar-refractivity contribution in [1.29, 1.82) is 0 Å². The number of hydrogen-bond acceptors (Lipinski definition) is 0. The Morgan fingerprint density at radius 1 is 1.33 bits per heavy atom. The number of halogens is 3. The van der Waals surface area contributed by atoms with Gasteiger partial charge >= 0.3 is 0 Å². The minimum atomic E-state index is -2.16. The summed E-state index contributed by atoms with van der Waals surface area (Å²) in [6.45, 7) is 6.06. The summed E-state index contributed by atoms with van der Waals surface area (Å²) >= 11 is 3.38. The van der Waals surface area contributed by atoms with Gasteiger partial charge in [-0.3, -0.25) is 0 Å². The lowest BCUT2D eigenvalue weighted by molar-refractivity contribution is 0.107. The molecule has 12 heavy (non-hydrogen) atoms. The van der Waals surface area contributed by atoms with Crippen LogP contribution in [0.2, 0.25) is 0 Å². The fraction of sp³-hybridized carbons (Fsp3) is 1.00. The van der Waals surface area contributed by atoms with Crippen molar-refractivity contribution in [3.05, 3.63) is 0 Å². The minimum Gasteiger partial charge on any atom is -0.211 e. The Kier molecular flexibility index (Phi) is 5.30. The fourth-order valence-electron chi connectivity index (χ4n) is 1.39. The molecular formula is C9H17BrF2. The second kappa shape index (κ2) is 5.15. The van der Waals surface area contributed by atoms with Crippen LogP contribution >= 0.6 is 15.9 Å². The molecule has 0 saturated heterocycles. The van der Waals surface area contributed by atoms with Gasteiger partial charge in [0.1, 0.15) is 0 Å². The third-order valence-electron chi connectivity index (χ3n) is 1.84. The van der Waals surface area contributed by atoms with Crippen molar-refractivity contribution in [3.8, 4) is 0 Å². The molecule has 0 aromatic rings. The highest BCUT2D eigenvalue weighted by Gasteiger charge is 2.21. The smallest absolute Gasteiger partial charge is 0.211 e. The molecule has 1 unspecified atom stereocenters. The van der Waals surface area contributed by atoms with Gasteiger partial charge in [-0.05, 0) is 17.8 Å². The van der Waals surface area contributed by atoms with Crippen LogP contribution in [0.15, 0.2) is 0 Å². The zero-order valence-corrected chi connectivity index (χ0v) is 9.50. The average molecular weight is 243 g/mol. The average Bonchev–Trinajstić information content (AvgIpc) is 1.84. The normalized spacial score (nSPS) is 15.2. The third-order valence-corrected chi connectivity index (χ3v) is 3.36. The highest BCUT2D eigenvalue weighted by atomic mass is 79.9. The van der Waals surface area contributed by atoms with Crippen LogP contribution in [0.4, 0.5) is 8.78 Å². The first-order valence-electron chi connectivity index (χ1n) is 4.21. The Balaban J connectivity index is 3.75. The largest absolute Gasteiger partial charge is 0.238 e. The zero-order chi connectivity index (χ0) is 9.78. The predicted molar refractivity (Wildman–Crippen MR) is 52.0 cm³/mol. The van der Waals surface area contributed by atoms with E-state index in [-0.39, 0.29) is 17.8 Å². The predicted octanol–water partition coefficient (Wildman–Crippen LogP) is 4.09. The first-order valence-corrected chi connectivity index (χ1v) is 5.33. The third kappa shape index (κ3) is 5.92. The van der Waals surface area contributed by atoms with Gasteiger partial charge in [-0.15, -0.1) is 0 Å². The van der Waals surface area contributed by atoms with Gasteiger partial charge in [-0.25, -0.2) is 8.78 Å². The van der Waals surface area contributed by atoms with Crippen LogP contribution in [-0.4, -0.2) is 11.8 Å². The molecule has 0 spiro atoms. The molecule has 0 rings (SSSR count). The van der Waals surface area contributed by atoms with E-state index in [1.807, 2.05) is 6.92 Å².